The molecule has 0 saturated heterocycles. The van der Waals surface area contributed by atoms with Gasteiger partial charge in [0, 0.05) is 12.3 Å². The summed E-state index contributed by atoms with van der Waals surface area (Å²) in [5, 5.41) is 0. The third-order valence-electron chi connectivity index (χ3n) is 13.8. The second kappa shape index (κ2) is 7.61. The van der Waals surface area contributed by atoms with Gasteiger partial charge in [-0.2, -0.15) is 0 Å². The van der Waals surface area contributed by atoms with Crippen LogP contribution in [0.5, 0.6) is 0 Å². The smallest absolute Gasteiger partial charge is 0.302 e. The normalized spacial score (nSPS) is 52.1. The minimum atomic E-state index is -0.105. The number of rotatable bonds is 1. The average molecular weight is 469 g/mol. The zero-order chi connectivity index (χ0) is 24.9. The lowest BCUT2D eigenvalue weighted by Gasteiger charge is -2.73. The molecule has 34 heavy (non-hydrogen) atoms. The zero-order valence-corrected chi connectivity index (χ0v) is 23.8. The number of carbonyl (C=O) groups is 1. The lowest BCUT2D eigenvalue weighted by molar-refractivity contribution is -0.247. The topological polar surface area (TPSA) is 26.3 Å². The summed E-state index contributed by atoms with van der Waals surface area (Å²) in [6.07, 6.45) is 13.4. The van der Waals surface area contributed by atoms with E-state index in [4.69, 9.17) is 4.74 Å². The van der Waals surface area contributed by atoms with E-state index < -0.39 is 0 Å². The Bertz CT molecular complexity index is 899. The molecule has 2 nitrogen and oxygen atoms in total. The van der Waals surface area contributed by atoms with E-state index >= 15 is 0 Å². The van der Waals surface area contributed by atoms with Gasteiger partial charge in [0.2, 0.25) is 0 Å². The maximum atomic E-state index is 11.9. The van der Waals surface area contributed by atoms with Crippen LogP contribution in [0.15, 0.2) is 11.1 Å². The molecule has 0 spiro atoms. The molecule has 192 valence electrons. The van der Waals surface area contributed by atoms with E-state index in [-0.39, 0.29) is 17.5 Å². The summed E-state index contributed by atoms with van der Waals surface area (Å²) in [5.74, 6) is 2.96. The van der Waals surface area contributed by atoms with E-state index in [1.165, 1.54) is 57.8 Å². The van der Waals surface area contributed by atoms with E-state index in [2.05, 4.69) is 55.4 Å². The summed E-state index contributed by atoms with van der Waals surface area (Å²) in [4.78, 5) is 11.9. The lowest BCUT2D eigenvalue weighted by Crippen LogP contribution is -2.66. The van der Waals surface area contributed by atoms with Crippen LogP contribution in [0.25, 0.3) is 0 Å². The van der Waals surface area contributed by atoms with Gasteiger partial charge in [-0.1, -0.05) is 52.7 Å². The van der Waals surface area contributed by atoms with Crippen molar-refractivity contribution < 1.29 is 9.53 Å². The molecule has 5 aliphatic rings. The van der Waals surface area contributed by atoms with Crippen molar-refractivity contribution in [1.82, 2.24) is 0 Å². The van der Waals surface area contributed by atoms with Crippen LogP contribution < -0.4 is 0 Å². The minimum absolute atomic E-state index is 0.0582. The number of fused-ring (bicyclic) bond motifs is 7. The van der Waals surface area contributed by atoms with Crippen molar-refractivity contribution in [3.05, 3.63) is 11.1 Å². The number of carbonyl (C=O) groups excluding carboxylic acids is 1. The van der Waals surface area contributed by atoms with Crippen molar-refractivity contribution in [2.45, 2.75) is 133 Å². The van der Waals surface area contributed by atoms with E-state index in [1.807, 2.05) is 0 Å². The van der Waals surface area contributed by atoms with Crippen LogP contribution in [0.1, 0.15) is 127 Å². The molecule has 0 bridgehead atoms. The molecule has 0 unspecified atom stereocenters. The summed E-state index contributed by atoms with van der Waals surface area (Å²) in [6, 6.07) is 0. The Balaban J connectivity index is 1.51. The molecule has 0 N–H and O–H groups in total. The first-order chi connectivity index (χ1) is 15.7. The van der Waals surface area contributed by atoms with Crippen LogP contribution >= 0.6 is 0 Å². The van der Waals surface area contributed by atoms with Crippen molar-refractivity contribution in [2.24, 2.45) is 50.7 Å². The van der Waals surface area contributed by atoms with Gasteiger partial charge >= 0.3 is 5.97 Å². The number of ether oxygens (including phenoxy) is 1. The van der Waals surface area contributed by atoms with Gasteiger partial charge in [0.15, 0.2) is 0 Å². The predicted octanol–water partition coefficient (Wildman–Crippen LogP) is 8.74. The average Bonchev–Trinajstić information content (AvgIpc) is 2.74. The lowest BCUT2D eigenvalue weighted by atomic mass is 9.32. The van der Waals surface area contributed by atoms with Gasteiger partial charge in [-0.05, 0) is 123 Å². The number of esters is 1. The molecule has 0 aromatic carbocycles. The highest BCUT2D eigenvalue weighted by Gasteiger charge is 2.69. The molecule has 4 saturated carbocycles. The van der Waals surface area contributed by atoms with Crippen LogP contribution in [-0.2, 0) is 9.53 Å². The molecular formula is C32H52O2. The quantitative estimate of drug-likeness (QED) is 0.284. The van der Waals surface area contributed by atoms with Crippen molar-refractivity contribution >= 4 is 5.97 Å². The van der Waals surface area contributed by atoms with Crippen LogP contribution in [0, 0.1) is 50.7 Å². The van der Waals surface area contributed by atoms with Crippen LogP contribution in [-0.4, -0.2) is 12.1 Å². The van der Waals surface area contributed by atoms with Gasteiger partial charge in [-0.3, -0.25) is 4.79 Å². The Hall–Kier alpha value is -0.790. The summed E-state index contributed by atoms with van der Waals surface area (Å²) in [7, 11) is 0. The fraction of sp³-hybridized carbons (Fsp3) is 0.906. The Morgan fingerprint density at radius 2 is 1.50 bits per heavy atom. The SMILES string of the molecule is CC(=O)O[C@H]1CC[C@]2(C)[C@H]3CC[C@@H]4[C@@H]5C(C)=C(C)CC[C@]5(C)CC[C@@]4(C)[C@]3(C)CC[C@H]2C1(C)C. The number of allylic oxidation sites excluding steroid dienone is 2. The second-order valence-corrected chi connectivity index (χ2v) is 15.2. The minimum Gasteiger partial charge on any atom is -0.462 e. The maximum absolute atomic E-state index is 11.9. The third kappa shape index (κ3) is 3.08. The van der Waals surface area contributed by atoms with Crippen LogP contribution in [0.3, 0.4) is 0 Å². The van der Waals surface area contributed by atoms with Gasteiger partial charge in [-0.25, -0.2) is 0 Å². The van der Waals surface area contributed by atoms with Crippen LogP contribution in [0.2, 0.25) is 0 Å². The maximum Gasteiger partial charge on any atom is 0.302 e. The first kappa shape index (κ1) is 24.9. The van der Waals surface area contributed by atoms with Crippen molar-refractivity contribution in [3.63, 3.8) is 0 Å². The largest absolute Gasteiger partial charge is 0.462 e. The highest BCUT2D eigenvalue weighted by atomic mass is 16.5. The summed E-state index contributed by atoms with van der Waals surface area (Å²) < 4.78 is 5.92. The molecule has 4 fully saturated rings. The van der Waals surface area contributed by atoms with Crippen molar-refractivity contribution in [2.75, 3.05) is 0 Å². The molecule has 0 aromatic rings. The number of hydrogen-bond acceptors (Lipinski definition) is 2. The first-order valence-electron chi connectivity index (χ1n) is 14.5. The molecule has 0 aliphatic heterocycles. The summed E-state index contributed by atoms with van der Waals surface area (Å²) >= 11 is 0. The van der Waals surface area contributed by atoms with Gasteiger partial charge in [0.1, 0.15) is 6.10 Å². The molecule has 5 aliphatic carbocycles. The Morgan fingerprint density at radius 1 is 0.794 bits per heavy atom. The molecule has 0 heterocycles. The van der Waals surface area contributed by atoms with Crippen LogP contribution in [0.4, 0.5) is 0 Å². The van der Waals surface area contributed by atoms with Gasteiger partial charge in [-0.15, -0.1) is 0 Å². The fourth-order valence-electron chi connectivity index (χ4n) is 11.6. The monoisotopic (exact) mass is 468 g/mol. The Morgan fingerprint density at radius 3 is 2.18 bits per heavy atom. The standard InChI is InChI=1S/C32H52O2/c1-20-12-15-29(6)18-19-31(8)23(27(29)21(20)2)10-11-25-30(7)16-14-26(34-22(3)33)28(4,5)24(30)13-17-32(25,31)9/h23-27H,10-19H2,1-9H3/t23-,24+,25-,26+,27+,29-,30+,31-,32-/m1/s1. The molecule has 0 radical (unpaired) electrons. The molecule has 5 rings (SSSR count). The summed E-state index contributed by atoms with van der Waals surface area (Å²) in [5.41, 5.74) is 5.23. The Kier molecular flexibility index (Phi) is 5.57. The van der Waals surface area contributed by atoms with Crippen molar-refractivity contribution in [1.29, 1.82) is 0 Å². The summed E-state index contributed by atoms with van der Waals surface area (Å²) in [6.45, 7) is 22.1. The third-order valence-corrected chi connectivity index (χ3v) is 13.8. The highest BCUT2D eigenvalue weighted by molar-refractivity contribution is 5.66. The van der Waals surface area contributed by atoms with E-state index in [0.29, 0.717) is 27.6 Å². The van der Waals surface area contributed by atoms with Gasteiger partial charge in [0.05, 0.1) is 0 Å². The first-order valence-corrected chi connectivity index (χ1v) is 14.5. The zero-order valence-electron chi connectivity index (χ0n) is 23.8. The van der Waals surface area contributed by atoms with Crippen molar-refractivity contribution in [3.8, 4) is 0 Å². The van der Waals surface area contributed by atoms with E-state index in [9.17, 15) is 4.79 Å². The van der Waals surface area contributed by atoms with E-state index in [1.54, 1.807) is 18.1 Å². The second-order valence-electron chi connectivity index (χ2n) is 15.2. The molecule has 9 atom stereocenters. The molecule has 2 heteroatoms. The molecule has 0 amide bonds. The molecular weight excluding hydrogens is 416 g/mol. The number of hydrogen-bond donors (Lipinski definition) is 0. The predicted molar refractivity (Wildman–Crippen MR) is 140 cm³/mol. The van der Waals surface area contributed by atoms with Gasteiger partial charge in [0.25, 0.3) is 0 Å². The fourth-order valence-corrected chi connectivity index (χ4v) is 11.6. The van der Waals surface area contributed by atoms with Gasteiger partial charge < -0.3 is 4.74 Å². The molecule has 0 aromatic heterocycles. The highest BCUT2D eigenvalue weighted by Crippen LogP contribution is 2.76. The van der Waals surface area contributed by atoms with E-state index in [0.717, 1.165) is 24.2 Å². The Labute approximate surface area is 210 Å².